The van der Waals surface area contributed by atoms with E-state index in [2.05, 4.69) is 0 Å². The van der Waals surface area contributed by atoms with Crippen LogP contribution >= 0.6 is 11.6 Å². The van der Waals surface area contributed by atoms with Crippen LogP contribution in [0, 0.1) is 0 Å². The number of piperazine rings is 1. The van der Waals surface area contributed by atoms with Crippen molar-refractivity contribution >= 4 is 27.5 Å². The largest absolute Gasteiger partial charge is 0.417 e. The van der Waals surface area contributed by atoms with Crippen LogP contribution in [-0.2, 0) is 16.4 Å². The Bertz CT molecular complexity index is 628. The summed E-state index contributed by atoms with van der Waals surface area (Å²) in [5, 5.41) is 4.64. The second-order valence-corrected chi connectivity index (χ2v) is 6.55. The summed E-state index contributed by atoms with van der Waals surface area (Å²) in [4.78, 5) is 1.66. The molecule has 1 aliphatic rings. The molecule has 1 saturated heterocycles. The van der Waals surface area contributed by atoms with Crippen LogP contribution in [0.15, 0.2) is 18.2 Å². The zero-order valence-electron chi connectivity index (χ0n) is 10.8. The van der Waals surface area contributed by atoms with Crippen LogP contribution in [0.4, 0.5) is 18.9 Å². The van der Waals surface area contributed by atoms with Crippen LogP contribution < -0.4 is 10.0 Å². The van der Waals surface area contributed by atoms with Crippen molar-refractivity contribution in [1.82, 2.24) is 4.31 Å². The highest BCUT2D eigenvalue weighted by Gasteiger charge is 2.34. The molecular formula is C11H13ClF3N3O2S. The first-order valence-electron chi connectivity index (χ1n) is 5.98. The van der Waals surface area contributed by atoms with Gasteiger partial charge in [0.2, 0.25) is 0 Å². The molecule has 0 radical (unpaired) electrons. The number of anilines is 1. The van der Waals surface area contributed by atoms with Crippen molar-refractivity contribution in [3.05, 3.63) is 28.8 Å². The van der Waals surface area contributed by atoms with E-state index >= 15 is 0 Å². The second-order valence-electron chi connectivity index (χ2n) is 4.59. The third-order valence-electron chi connectivity index (χ3n) is 3.22. The monoisotopic (exact) mass is 343 g/mol. The van der Waals surface area contributed by atoms with Gasteiger partial charge in [0, 0.05) is 31.9 Å². The molecule has 0 spiro atoms. The first-order chi connectivity index (χ1) is 9.59. The first kappa shape index (κ1) is 16.3. The normalized spacial score (nSPS) is 18.0. The van der Waals surface area contributed by atoms with E-state index in [1.165, 1.54) is 12.1 Å². The smallest absolute Gasteiger partial charge is 0.369 e. The van der Waals surface area contributed by atoms with Gasteiger partial charge in [-0.25, -0.2) is 5.14 Å². The third kappa shape index (κ3) is 3.79. The molecule has 0 atom stereocenters. The molecule has 1 aromatic rings. The molecule has 1 fully saturated rings. The summed E-state index contributed by atoms with van der Waals surface area (Å²) < 4.78 is 61.9. The average molecular weight is 344 g/mol. The molecular weight excluding hydrogens is 331 g/mol. The number of benzene rings is 1. The number of hydrogen-bond donors (Lipinski definition) is 1. The maximum absolute atomic E-state index is 12.8. The molecule has 1 heterocycles. The molecule has 5 nitrogen and oxygen atoms in total. The van der Waals surface area contributed by atoms with Gasteiger partial charge < -0.3 is 4.90 Å². The van der Waals surface area contributed by atoms with Crippen LogP contribution in [0.25, 0.3) is 0 Å². The van der Waals surface area contributed by atoms with Gasteiger partial charge in [-0.2, -0.15) is 25.9 Å². The molecule has 21 heavy (non-hydrogen) atoms. The number of hydrogen-bond acceptors (Lipinski definition) is 3. The lowest BCUT2D eigenvalue weighted by Crippen LogP contribution is -2.50. The Hall–Kier alpha value is -1.03. The molecule has 2 rings (SSSR count). The van der Waals surface area contributed by atoms with E-state index < -0.39 is 21.9 Å². The summed E-state index contributed by atoms with van der Waals surface area (Å²) in [6.07, 6.45) is -4.53. The summed E-state index contributed by atoms with van der Waals surface area (Å²) in [5.41, 5.74) is -0.559. The van der Waals surface area contributed by atoms with Gasteiger partial charge in [-0.05, 0) is 18.2 Å². The zero-order valence-corrected chi connectivity index (χ0v) is 12.3. The Labute approximate surface area is 125 Å². The van der Waals surface area contributed by atoms with Gasteiger partial charge in [0.25, 0.3) is 10.2 Å². The van der Waals surface area contributed by atoms with Gasteiger partial charge in [0.05, 0.1) is 10.6 Å². The molecule has 0 aromatic heterocycles. The summed E-state index contributed by atoms with van der Waals surface area (Å²) in [5.74, 6) is 0. The van der Waals surface area contributed by atoms with Gasteiger partial charge in [-0.15, -0.1) is 0 Å². The maximum atomic E-state index is 12.8. The predicted molar refractivity (Wildman–Crippen MR) is 73.3 cm³/mol. The van der Waals surface area contributed by atoms with Crippen LogP contribution in [-0.4, -0.2) is 38.9 Å². The molecule has 118 valence electrons. The summed E-state index contributed by atoms with van der Waals surface area (Å²) in [6.45, 7) is 0.774. The van der Waals surface area contributed by atoms with Gasteiger partial charge in [-0.3, -0.25) is 0 Å². The number of rotatable bonds is 2. The second kappa shape index (κ2) is 5.64. The number of nitrogens with zero attached hydrogens (tertiary/aromatic N) is 2. The van der Waals surface area contributed by atoms with E-state index in [9.17, 15) is 21.6 Å². The van der Waals surface area contributed by atoms with Gasteiger partial charge in [0.1, 0.15) is 0 Å². The minimum absolute atomic E-state index is 0.128. The summed E-state index contributed by atoms with van der Waals surface area (Å²) in [7, 11) is -3.76. The lowest BCUT2D eigenvalue weighted by molar-refractivity contribution is -0.137. The molecule has 0 amide bonds. The molecule has 2 N–H and O–H groups in total. The summed E-state index contributed by atoms with van der Waals surface area (Å²) >= 11 is 5.56. The van der Waals surface area contributed by atoms with Crippen molar-refractivity contribution < 1.29 is 21.6 Å². The lowest BCUT2D eigenvalue weighted by atomic mass is 10.1. The highest BCUT2D eigenvalue weighted by Crippen LogP contribution is 2.37. The Kier molecular flexibility index (Phi) is 4.39. The molecule has 0 aliphatic carbocycles. The maximum Gasteiger partial charge on any atom is 0.417 e. The standard InChI is InChI=1S/C11H13ClF3N3O2S/c12-10-2-1-8(7-9(10)11(13,14)15)17-3-5-18(6-4-17)21(16,19)20/h1-2,7H,3-6H2,(H2,16,19,20). The molecule has 1 aromatic carbocycles. The SMILES string of the molecule is NS(=O)(=O)N1CCN(c2ccc(Cl)c(C(F)(F)F)c2)CC1. The van der Waals surface area contributed by atoms with Crippen molar-refractivity contribution in [3.8, 4) is 0 Å². The highest BCUT2D eigenvalue weighted by atomic mass is 35.5. The predicted octanol–water partition coefficient (Wildman–Crippen LogP) is 1.68. The van der Waals surface area contributed by atoms with E-state index in [0.717, 1.165) is 10.4 Å². The zero-order chi connectivity index (χ0) is 15.8. The van der Waals surface area contributed by atoms with Crippen molar-refractivity contribution in [2.24, 2.45) is 5.14 Å². The van der Waals surface area contributed by atoms with E-state index in [1.807, 2.05) is 0 Å². The Morgan fingerprint density at radius 1 is 1.14 bits per heavy atom. The van der Waals surface area contributed by atoms with Crippen molar-refractivity contribution in [2.45, 2.75) is 6.18 Å². The Balaban J connectivity index is 2.18. The van der Waals surface area contributed by atoms with Gasteiger partial charge in [0.15, 0.2) is 0 Å². The van der Waals surface area contributed by atoms with Crippen molar-refractivity contribution in [2.75, 3.05) is 31.1 Å². The Morgan fingerprint density at radius 2 is 1.71 bits per heavy atom. The quantitative estimate of drug-likeness (QED) is 0.888. The fourth-order valence-electron chi connectivity index (χ4n) is 2.13. The molecule has 0 saturated carbocycles. The topological polar surface area (TPSA) is 66.6 Å². The minimum Gasteiger partial charge on any atom is -0.369 e. The fourth-order valence-corrected chi connectivity index (χ4v) is 3.02. The lowest BCUT2D eigenvalue weighted by Gasteiger charge is -2.34. The van der Waals surface area contributed by atoms with Crippen LogP contribution in [0.5, 0.6) is 0 Å². The summed E-state index contributed by atoms with van der Waals surface area (Å²) in [6, 6.07) is 3.63. The van der Waals surface area contributed by atoms with E-state index in [-0.39, 0.29) is 31.2 Å². The first-order valence-corrected chi connectivity index (χ1v) is 7.87. The average Bonchev–Trinajstić information content (AvgIpc) is 2.37. The number of halogens is 4. The van der Waals surface area contributed by atoms with E-state index in [0.29, 0.717) is 5.69 Å². The van der Waals surface area contributed by atoms with Crippen LogP contribution in [0.2, 0.25) is 5.02 Å². The highest BCUT2D eigenvalue weighted by molar-refractivity contribution is 7.86. The molecule has 10 heteroatoms. The van der Waals surface area contributed by atoms with Gasteiger partial charge in [-0.1, -0.05) is 11.6 Å². The third-order valence-corrected chi connectivity index (χ3v) is 4.63. The number of alkyl halides is 3. The van der Waals surface area contributed by atoms with E-state index in [1.54, 1.807) is 4.90 Å². The van der Waals surface area contributed by atoms with Crippen LogP contribution in [0.3, 0.4) is 0 Å². The van der Waals surface area contributed by atoms with Crippen LogP contribution in [0.1, 0.15) is 5.56 Å². The minimum atomic E-state index is -4.53. The van der Waals surface area contributed by atoms with E-state index in [4.69, 9.17) is 16.7 Å². The Morgan fingerprint density at radius 3 is 2.19 bits per heavy atom. The van der Waals surface area contributed by atoms with Crippen molar-refractivity contribution in [1.29, 1.82) is 0 Å². The molecule has 0 unspecified atom stereocenters. The molecule has 1 aliphatic heterocycles. The fraction of sp³-hybridized carbons (Fsp3) is 0.455. The van der Waals surface area contributed by atoms with Crippen molar-refractivity contribution in [3.63, 3.8) is 0 Å². The van der Waals surface area contributed by atoms with Gasteiger partial charge >= 0.3 is 6.18 Å². The molecule has 0 bridgehead atoms. The number of nitrogens with two attached hydrogens (primary N) is 1.